The van der Waals surface area contributed by atoms with Gasteiger partial charge in [0.15, 0.2) is 5.89 Å². The summed E-state index contributed by atoms with van der Waals surface area (Å²) < 4.78 is 11.3. The fraction of sp³-hybridized carbons (Fsp3) is 0.769. The molecule has 1 aliphatic rings. The van der Waals surface area contributed by atoms with E-state index in [0.29, 0.717) is 12.0 Å². The van der Waals surface area contributed by atoms with Crippen LogP contribution < -0.4 is 5.32 Å². The molecule has 0 spiro atoms. The van der Waals surface area contributed by atoms with E-state index in [1.54, 1.807) is 0 Å². The van der Waals surface area contributed by atoms with Crippen LogP contribution in [0.4, 0.5) is 0 Å². The van der Waals surface area contributed by atoms with Crippen molar-refractivity contribution in [1.82, 2.24) is 10.3 Å². The minimum atomic E-state index is 0.349. The van der Waals surface area contributed by atoms with Gasteiger partial charge in [0, 0.05) is 12.3 Å². The normalized spacial score (nSPS) is 24.4. The number of aryl methyl sites for hydroxylation is 1. The van der Waals surface area contributed by atoms with Gasteiger partial charge in [0.05, 0.1) is 18.9 Å². The van der Waals surface area contributed by atoms with Crippen LogP contribution in [0.1, 0.15) is 44.3 Å². The van der Waals surface area contributed by atoms with Crippen LogP contribution >= 0.6 is 0 Å². The third-order valence-electron chi connectivity index (χ3n) is 3.17. The first-order valence-corrected chi connectivity index (χ1v) is 6.56. The molecule has 2 rings (SSSR count). The number of oxazole rings is 1. The summed E-state index contributed by atoms with van der Waals surface area (Å²) in [7, 11) is 0. The third-order valence-corrected chi connectivity index (χ3v) is 3.17. The average molecular weight is 238 g/mol. The smallest absolute Gasteiger partial charge is 0.194 e. The SMILES string of the molecule is CCNCCCc1ncc(C2COC(C)C2)o1. The Bertz CT molecular complexity index is 338. The molecule has 0 aliphatic carbocycles. The fourth-order valence-corrected chi connectivity index (χ4v) is 2.19. The Morgan fingerprint density at radius 3 is 3.12 bits per heavy atom. The Morgan fingerprint density at radius 2 is 2.41 bits per heavy atom. The summed E-state index contributed by atoms with van der Waals surface area (Å²) in [5.41, 5.74) is 0. The van der Waals surface area contributed by atoms with Crippen LogP contribution in [0.3, 0.4) is 0 Å². The zero-order valence-electron chi connectivity index (χ0n) is 10.7. The zero-order chi connectivity index (χ0) is 12.1. The molecule has 2 atom stereocenters. The molecule has 1 N–H and O–H groups in total. The second-order valence-corrected chi connectivity index (χ2v) is 4.69. The summed E-state index contributed by atoms with van der Waals surface area (Å²) >= 11 is 0. The number of nitrogens with one attached hydrogen (secondary N) is 1. The van der Waals surface area contributed by atoms with E-state index in [1.165, 1.54) is 0 Å². The van der Waals surface area contributed by atoms with Crippen molar-refractivity contribution < 1.29 is 9.15 Å². The predicted octanol–water partition coefficient (Wildman–Crippen LogP) is 2.11. The monoisotopic (exact) mass is 238 g/mol. The van der Waals surface area contributed by atoms with Crippen LogP contribution in [0.5, 0.6) is 0 Å². The molecule has 96 valence electrons. The molecule has 0 aromatic carbocycles. The number of aromatic nitrogens is 1. The number of nitrogens with zero attached hydrogens (tertiary/aromatic N) is 1. The van der Waals surface area contributed by atoms with Crippen molar-refractivity contribution in [3.63, 3.8) is 0 Å². The van der Waals surface area contributed by atoms with E-state index in [2.05, 4.69) is 24.1 Å². The molecule has 1 aromatic rings. The highest BCUT2D eigenvalue weighted by molar-refractivity contribution is 5.04. The van der Waals surface area contributed by atoms with Crippen LogP contribution in [0.2, 0.25) is 0 Å². The van der Waals surface area contributed by atoms with Crippen molar-refractivity contribution in [2.75, 3.05) is 19.7 Å². The molecule has 2 heterocycles. The van der Waals surface area contributed by atoms with E-state index >= 15 is 0 Å². The van der Waals surface area contributed by atoms with Gasteiger partial charge in [-0.05, 0) is 32.9 Å². The summed E-state index contributed by atoms with van der Waals surface area (Å²) in [4.78, 5) is 4.33. The maximum absolute atomic E-state index is 5.78. The van der Waals surface area contributed by atoms with Gasteiger partial charge in [-0.1, -0.05) is 6.92 Å². The van der Waals surface area contributed by atoms with E-state index < -0.39 is 0 Å². The molecule has 1 fully saturated rings. The van der Waals surface area contributed by atoms with Crippen LogP contribution in [-0.4, -0.2) is 30.8 Å². The highest BCUT2D eigenvalue weighted by Gasteiger charge is 2.26. The van der Waals surface area contributed by atoms with E-state index in [1.807, 2.05) is 6.20 Å². The lowest BCUT2D eigenvalue weighted by Crippen LogP contribution is -2.14. The zero-order valence-corrected chi connectivity index (χ0v) is 10.7. The van der Waals surface area contributed by atoms with Gasteiger partial charge in [-0.15, -0.1) is 0 Å². The lowest BCUT2D eigenvalue weighted by Gasteiger charge is -2.02. The second-order valence-electron chi connectivity index (χ2n) is 4.69. The molecule has 17 heavy (non-hydrogen) atoms. The van der Waals surface area contributed by atoms with Crippen LogP contribution in [0.25, 0.3) is 0 Å². The molecule has 2 unspecified atom stereocenters. The van der Waals surface area contributed by atoms with Crippen molar-refractivity contribution in [2.24, 2.45) is 0 Å². The standard InChI is InChI=1S/C13H22N2O2/c1-3-14-6-4-5-13-15-8-12(17-13)11-7-10(2)16-9-11/h8,10-11,14H,3-7,9H2,1-2H3. The Hall–Kier alpha value is -0.870. The molecular weight excluding hydrogens is 216 g/mol. The van der Waals surface area contributed by atoms with Gasteiger partial charge in [-0.25, -0.2) is 4.98 Å². The van der Waals surface area contributed by atoms with E-state index in [0.717, 1.165) is 50.6 Å². The van der Waals surface area contributed by atoms with Crippen LogP contribution in [0, 0.1) is 0 Å². The summed E-state index contributed by atoms with van der Waals surface area (Å²) in [6, 6.07) is 0. The Kier molecular flexibility index (Phi) is 4.57. The van der Waals surface area contributed by atoms with E-state index in [-0.39, 0.29) is 0 Å². The fourth-order valence-electron chi connectivity index (χ4n) is 2.19. The Balaban J connectivity index is 1.79. The van der Waals surface area contributed by atoms with Crippen LogP contribution in [-0.2, 0) is 11.2 Å². The number of rotatable bonds is 6. The molecule has 1 aromatic heterocycles. The topological polar surface area (TPSA) is 47.3 Å². The Morgan fingerprint density at radius 1 is 1.53 bits per heavy atom. The molecule has 4 heteroatoms. The van der Waals surface area contributed by atoms with Crippen LogP contribution in [0.15, 0.2) is 10.6 Å². The van der Waals surface area contributed by atoms with Gasteiger partial charge in [-0.2, -0.15) is 0 Å². The molecule has 1 aliphatic heterocycles. The van der Waals surface area contributed by atoms with Gasteiger partial charge < -0.3 is 14.5 Å². The first-order valence-electron chi connectivity index (χ1n) is 6.56. The third kappa shape index (κ3) is 3.54. The second kappa shape index (κ2) is 6.17. The molecule has 0 amide bonds. The largest absolute Gasteiger partial charge is 0.445 e. The summed E-state index contributed by atoms with van der Waals surface area (Å²) in [6.45, 7) is 7.04. The van der Waals surface area contributed by atoms with Crippen molar-refractivity contribution in [2.45, 2.75) is 45.1 Å². The van der Waals surface area contributed by atoms with Gasteiger partial charge in [-0.3, -0.25) is 0 Å². The first-order chi connectivity index (χ1) is 8.29. The molecule has 0 saturated carbocycles. The minimum absolute atomic E-state index is 0.349. The van der Waals surface area contributed by atoms with Crippen molar-refractivity contribution in [3.8, 4) is 0 Å². The number of hydrogen-bond donors (Lipinski definition) is 1. The highest BCUT2D eigenvalue weighted by Crippen LogP contribution is 2.29. The van der Waals surface area contributed by atoms with E-state index in [4.69, 9.17) is 9.15 Å². The molecule has 0 bridgehead atoms. The quantitative estimate of drug-likeness (QED) is 0.771. The maximum Gasteiger partial charge on any atom is 0.194 e. The molecule has 4 nitrogen and oxygen atoms in total. The van der Waals surface area contributed by atoms with Gasteiger partial charge in [0.2, 0.25) is 0 Å². The van der Waals surface area contributed by atoms with Gasteiger partial charge >= 0.3 is 0 Å². The van der Waals surface area contributed by atoms with E-state index in [9.17, 15) is 0 Å². The minimum Gasteiger partial charge on any atom is -0.445 e. The summed E-state index contributed by atoms with van der Waals surface area (Å²) in [5, 5.41) is 3.30. The number of ether oxygens (including phenoxy) is 1. The van der Waals surface area contributed by atoms with Crippen molar-refractivity contribution >= 4 is 0 Å². The Labute approximate surface area is 103 Å². The molecular formula is C13H22N2O2. The van der Waals surface area contributed by atoms with Gasteiger partial charge in [0.25, 0.3) is 0 Å². The average Bonchev–Trinajstić information content (AvgIpc) is 2.93. The number of hydrogen-bond acceptors (Lipinski definition) is 4. The maximum atomic E-state index is 5.78. The summed E-state index contributed by atoms with van der Waals surface area (Å²) in [6.07, 6.45) is 5.25. The summed E-state index contributed by atoms with van der Waals surface area (Å²) in [5.74, 6) is 2.25. The van der Waals surface area contributed by atoms with Crippen molar-refractivity contribution in [3.05, 3.63) is 17.8 Å². The molecule has 1 saturated heterocycles. The van der Waals surface area contributed by atoms with Gasteiger partial charge in [0.1, 0.15) is 5.76 Å². The lowest BCUT2D eigenvalue weighted by atomic mass is 10.0. The van der Waals surface area contributed by atoms with Crippen molar-refractivity contribution in [1.29, 1.82) is 0 Å². The molecule has 0 radical (unpaired) electrons. The first kappa shape index (κ1) is 12.6. The lowest BCUT2D eigenvalue weighted by molar-refractivity contribution is 0.122. The predicted molar refractivity (Wildman–Crippen MR) is 66.1 cm³/mol. The highest BCUT2D eigenvalue weighted by atomic mass is 16.5.